The first-order valence-corrected chi connectivity index (χ1v) is 6.29. The van der Waals surface area contributed by atoms with Crippen LogP contribution in [0.1, 0.15) is 15.9 Å². The summed E-state index contributed by atoms with van der Waals surface area (Å²) >= 11 is 0. The first kappa shape index (κ1) is 12.4. The summed E-state index contributed by atoms with van der Waals surface area (Å²) in [5, 5.41) is 6.80. The van der Waals surface area contributed by atoms with Crippen LogP contribution in [0.2, 0.25) is 0 Å². The Kier molecular flexibility index (Phi) is 2.98. The van der Waals surface area contributed by atoms with Gasteiger partial charge in [0.2, 0.25) is 5.91 Å². The standard InChI is InChI=1S/C14H14N4O2/c1-17-7-11(6-15-17)14(20)18-8-10-4-2-3-5-12(10)16-13(19)9-18/h2-7H,8-9H2,1H3,(H,16,19). The van der Waals surface area contributed by atoms with Crippen molar-refractivity contribution in [1.29, 1.82) is 0 Å². The Morgan fingerprint density at radius 1 is 1.30 bits per heavy atom. The number of benzene rings is 1. The highest BCUT2D eigenvalue weighted by molar-refractivity contribution is 6.00. The quantitative estimate of drug-likeness (QED) is 0.841. The third kappa shape index (κ3) is 2.27. The van der Waals surface area contributed by atoms with Crippen molar-refractivity contribution in [3.63, 3.8) is 0 Å². The number of aryl methyl sites for hydroxylation is 1. The van der Waals surface area contributed by atoms with Crippen LogP contribution in [0.4, 0.5) is 5.69 Å². The monoisotopic (exact) mass is 270 g/mol. The van der Waals surface area contributed by atoms with E-state index in [4.69, 9.17) is 0 Å². The van der Waals surface area contributed by atoms with Gasteiger partial charge < -0.3 is 10.2 Å². The average Bonchev–Trinajstić information content (AvgIpc) is 2.77. The molecule has 3 rings (SSSR count). The molecule has 1 N–H and O–H groups in total. The molecule has 0 saturated heterocycles. The minimum absolute atomic E-state index is 0.0441. The molecule has 0 atom stereocenters. The Hall–Kier alpha value is -2.63. The summed E-state index contributed by atoms with van der Waals surface area (Å²) in [6.07, 6.45) is 3.16. The van der Waals surface area contributed by atoms with Gasteiger partial charge in [-0.2, -0.15) is 5.10 Å². The van der Waals surface area contributed by atoms with Crippen LogP contribution in [-0.4, -0.2) is 33.0 Å². The van der Waals surface area contributed by atoms with Gasteiger partial charge in [0, 0.05) is 25.5 Å². The van der Waals surface area contributed by atoms with Gasteiger partial charge in [-0.25, -0.2) is 0 Å². The summed E-state index contributed by atoms with van der Waals surface area (Å²) in [6.45, 7) is 0.449. The van der Waals surface area contributed by atoms with Crippen molar-refractivity contribution < 1.29 is 9.59 Å². The van der Waals surface area contributed by atoms with Crippen molar-refractivity contribution in [2.75, 3.05) is 11.9 Å². The number of aromatic nitrogens is 2. The van der Waals surface area contributed by atoms with Crippen molar-refractivity contribution in [2.24, 2.45) is 7.05 Å². The molecule has 1 aliphatic rings. The fourth-order valence-corrected chi connectivity index (χ4v) is 2.26. The summed E-state index contributed by atoms with van der Waals surface area (Å²) in [4.78, 5) is 25.8. The number of hydrogen-bond acceptors (Lipinski definition) is 3. The van der Waals surface area contributed by atoms with E-state index in [-0.39, 0.29) is 18.4 Å². The summed E-state index contributed by atoms with van der Waals surface area (Å²) in [6, 6.07) is 7.50. The Morgan fingerprint density at radius 3 is 2.85 bits per heavy atom. The van der Waals surface area contributed by atoms with Gasteiger partial charge in [-0.1, -0.05) is 18.2 Å². The van der Waals surface area contributed by atoms with Crippen molar-refractivity contribution in [1.82, 2.24) is 14.7 Å². The number of nitrogens with zero attached hydrogens (tertiary/aromatic N) is 3. The van der Waals surface area contributed by atoms with E-state index in [9.17, 15) is 9.59 Å². The van der Waals surface area contributed by atoms with Crippen LogP contribution in [0.5, 0.6) is 0 Å². The first-order chi connectivity index (χ1) is 9.63. The van der Waals surface area contributed by atoms with Gasteiger partial charge in [-0.3, -0.25) is 14.3 Å². The Bertz CT molecular complexity index is 677. The van der Waals surface area contributed by atoms with Gasteiger partial charge in [0.15, 0.2) is 0 Å². The minimum Gasteiger partial charge on any atom is -0.325 e. The Morgan fingerprint density at radius 2 is 2.10 bits per heavy atom. The van der Waals surface area contributed by atoms with Crippen LogP contribution in [0.25, 0.3) is 0 Å². The lowest BCUT2D eigenvalue weighted by Gasteiger charge is -2.18. The topological polar surface area (TPSA) is 67.2 Å². The minimum atomic E-state index is -0.190. The number of rotatable bonds is 1. The van der Waals surface area contributed by atoms with Crippen LogP contribution in [0.3, 0.4) is 0 Å². The largest absolute Gasteiger partial charge is 0.325 e. The molecular weight excluding hydrogens is 256 g/mol. The van der Waals surface area contributed by atoms with E-state index in [2.05, 4.69) is 10.4 Å². The average molecular weight is 270 g/mol. The van der Waals surface area contributed by atoms with Crippen molar-refractivity contribution in [3.05, 3.63) is 47.8 Å². The lowest BCUT2D eigenvalue weighted by Crippen LogP contribution is -2.35. The first-order valence-electron chi connectivity index (χ1n) is 6.29. The maximum atomic E-state index is 12.4. The molecule has 6 heteroatoms. The van der Waals surface area contributed by atoms with Crippen molar-refractivity contribution in [2.45, 2.75) is 6.54 Å². The molecule has 0 fully saturated rings. The molecule has 0 aliphatic carbocycles. The van der Waals surface area contributed by atoms with Gasteiger partial charge in [-0.05, 0) is 11.6 Å². The molecule has 0 unspecified atom stereocenters. The molecule has 0 spiro atoms. The van der Waals surface area contributed by atoms with E-state index in [0.717, 1.165) is 11.3 Å². The van der Waals surface area contributed by atoms with Crippen molar-refractivity contribution >= 4 is 17.5 Å². The van der Waals surface area contributed by atoms with Crippen LogP contribution >= 0.6 is 0 Å². The zero-order valence-corrected chi connectivity index (χ0v) is 11.0. The van der Waals surface area contributed by atoms with Gasteiger partial charge >= 0.3 is 0 Å². The van der Waals surface area contributed by atoms with Crippen molar-refractivity contribution in [3.8, 4) is 0 Å². The molecule has 2 heterocycles. The fraction of sp³-hybridized carbons (Fsp3) is 0.214. The number of carbonyl (C=O) groups excluding carboxylic acids is 2. The highest BCUT2D eigenvalue weighted by atomic mass is 16.2. The molecule has 20 heavy (non-hydrogen) atoms. The second-order valence-corrected chi connectivity index (χ2v) is 4.77. The lowest BCUT2D eigenvalue weighted by atomic mass is 10.1. The molecule has 2 aromatic rings. The smallest absolute Gasteiger partial charge is 0.257 e. The molecule has 0 saturated carbocycles. The highest BCUT2D eigenvalue weighted by Crippen LogP contribution is 2.21. The molecule has 102 valence electrons. The molecule has 1 aromatic carbocycles. The van der Waals surface area contributed by atoms with E-state index < -0.39 is 0 Å². The van der Waals surface area contributed by atoms with Gasteiger partial charge in [-0.15, -0.1) is 0 Å². The number of anilines is 1. The number of fused-ring (bicyclic) bond motifs is 1. The van der Waals surface area contributed by atoms with Gasteiger partial charge in [0.1, 0.15) is 6.54 Å². The Labute approximate surface area is 116 Å². The maximum Gasteiger partial charge on any atom is 0.257 e. The number of amides is 2. The third-order valence-corrected chi connectivity index (χ3v) is 3.23. The van der Waals surface area contributed by atoms with E-state index in [1.54, 1.807) is 17.9 Å². The van der Waals surface area contributed by atoms with Crippen LogP contribution in [0, 0.1) is 0 Å². The third-order valence-electron chi connectivity index (χ3n) is 3.23. The predicted molar refractivity (Wildman–Crippen MR) is 73.0 cm³/mol. The molecule has 0 radical (unpaired) electrons. The number of nitrogens with one attached hydrogen (secondary N) is 1. The fourth-order valence-electron chi connectivity index (χ4n) is 2.26. The van der Waals surface area contributed by atoms with Crippen LogP contribution in [-0.2, 0) is 18.4 Å². The van der Waals surface area contributed by atoms with E-state index >= 15 is 0 Å². The summed E-state index contributed by atoms with van der Waals surface area (Å²) in [5.41, 5.74) is 2.18. The lowest BCUT2D eigenvalue weighted by molar-refractivity contribution is -0.116. The van der Waals surface area contributed by atoms with Crippen LogP contribution < -0.4 is 5.32 Å². The normalized spacial score (nSPS) is 14.4. The van der Waals surface area contributed by atoms with Gasteiger partial charge in [0.25, 0.3) is 5.91 Å². The summed E-state index contributed by atoms with van der Waals surface area (Å²) < 4.78 is 1.57. The summed E-state index contributed by atoms with van der Waals surface area (Å²) in [7, 11) is 1.75. The van der Waals surface area contributed by atoms with E-state index in [0.29, 0.717) is 12.1 Å². The molecule has 0 bridgehead atoms. The SMILES string of the molecule is Cn1cc(C(=O)N2CC(=O)Nc3ccccc3C2)cn1. The van der Waals surface area contributed by atoms with Crippen LogP contribution in [0.15, 0.2) is 36.7 Å². The number of carbonyl (C=O) groups is 2. The maximum absolute atomic E-state index is 12.4. The number of hydrogen-bond donors (Lipinski definition) is 1. The molecule has 1 aliphatic heterocycles. The second-order valence-electron chi connectivity index (χ2n) is 4.77. The molecule has 1 aromatic heterocycles. The van der Waals surface area contributed by atoms with E-state index in [1.807, 2.05) is 24.3 Å². The molecular formula is C14H14N4O2. The molecule has 6 nitrogen and oxygen atoms in total. The predicted octanol–water partition coefficient (Wildman–Crippen LogP) is 1.01. The zero-order valence-electron chi connectivity index (χ0n) is 11.0. The Balaban J connectivity index is 1.91. The highest BCUT2D eigenvalue weighted by Gasteiger charge is 2.24. The summed E-state index contributed by atoms with van der Waals surface area (Å²) in [5.74, 6) is -0.378. The zero-order chi connectivity index (χ0) is 14.1. The van der Waals surface area contributed by atoms with Gasteiger partial charge in [0.05, 0.1) is 11.8 Å². The number of para-hydroxylation sites is 1. The second kappa shape index (κ2) is 4.80. The molecule has 2 amide bonds. The van der Waals surface area contributed by atoms with E-state index in [1.165, 1.54) is 11.1 Å².